The van der Waals surface area contributed by atoms with Crippen molar-refractivity contribution in [2.75, 3.05) is 6.54 Å². The molecule has 1 aromatic heterocycles. The number of nitrogens with one attached hydrogen (secondary N) is 1. The third kappa shape index (κ3) is 4.33. The molecule has 0 aliphatic rings. The van der Waals surface area contributed by atoms with Crippen LogP contribution in [0, 0.1) is 0 Å². The molecule has 0 radical (unpaired) electrons. The highest BCUT2D eigenvalue weighted by molar-refractivity contribution is 7.89. The molecule has 0 spiro atoms. The van der Waals surface area contributed by atoms with Crippen LogP contribution < -0.4 is 4.72 Å². The summed E-state index contributed by atoms with van der Waals surface area (Å²) in [4.78, 5) is 9.64. The Labute approximate surface area is 99.3 Å². The number of alkyl halides is 3. The SMILES string of the molecule is O=C(O)CNS(=O)(=O)c1cnn(CC(F)(F)F)c1. The van der Waals surface area contributed by atoms with Crippen molar-refractivity contribution in [3.8, 4) is 0 Å². The number of carboxylic acids is 1. The van der Waals surface area contributed by atoms with Gasteiger partial charge in [-0.2, -0.15) is 23.0 Å². The summed E-state index contributed by atoms with van der Waals surface area (Å²) in [7, 11) is -4.17. The summed E-state index contributed by atoms with van der Waals surface area (Å²) in [5.41, 5.74) is 0. The number of aromatic nitrogens is 2. The van der Waals surface area contributed by atoms with Gasteiger partial charge in [0.05, 0.1) is 6.20 Å². The number of hydrogen-bond donors (Lipinski definition) is 2. The Morgan fingerprint density at radius 1 is 1.50 bits per heavy atom. The van der Waals surface area contributed by atoms with E-state index in [9.17, 15) is 26.4 Å². The highest BCUT2D eigenvalue weighted by atomic mass is 32.2. The molecule has 0 atom stereocenters. The predicted octanol–water partition coefficient (Wildman–Crippen LogP) is -0.192. The van der Waals surface area contributed by atoms with Crippen LogP contribution in [0.4, 0.5) is 13.2 Å². The summed E-state index contributed by atoms with van der Waals surface area (Å²) in [6.07, 6.45) is -3.16. The minimum atomic E-state index is -4.53. The molecule has 18 heavy (non-hydrogen) atoms. The molecule has 0 saturated heterocycles. The van der Waals surface area contributed by atoms with Gasteiger partial charge in [0.15, 0.2) is 0 Å². The second-order valence-corrected chi connectivity index (χ2v) is 4.97. The Hall–Kier alpha value is -1.62. The molecular weight excluding hydrogens is 279 g/mol. The Morgan fingerprint density at radius 2 is 2.11 bits per heavy atom. The third-order valence-corrected chi connectivity index (χ3v) is 3.03. The van der Waals surface area contributed by atoms with Crippen LogP contribution in [0.15, 0.2) is 17.3 Å². The molecule has 1 rings (SSSR count). The lowest BCUT2D eigenvalue weighted by molar-refractivity contribution is -0.142. The third-order valence-electron chi connectivity index (χ3n) is 1.67. The fourth-order valence-corrected chi connectivity index (χ4v) is 1.92. The van der Waals surface area contributed by atoms with Gasteiger partial charge >= 0.3 is 12.1 Å². The van der Waals surface area contributed by atoms with E-state index in [4.69, 9.17) is 5.11 Å². The van der Waals surface area contributed by atoms with Gasteiger partial charge in [0.2, 0.25) is 10.0 Å². The highest BCUT2D eigenvalue weighted by Gasteiger charge is 2.29. The van der Waals surface area contributed by atoms with E-state index in [-0.39, 0.29) is 0 Å². The summed E-state index contributed by atoms with van der Waals surface area (Å²) < 4.78 is 60.9. The van der Waals surface area contributed by atoms with Crippen molar-refractivity contribution in [1.29, 1.82) is 0 Å². The topological polar surface area (TPSA) is 101 Å². The lowest BCUT2D eigenvalue weighted by Crippen LogP contribution is -2.29. The van der Waals surface area contributed by atoms with Gasteiger partial charge in [-0.05, 0) is 0 Å². The number of carboxylic acid groups (broad SMARTS) is 1. The molecular formula is C7H8F3N3O4S. The molecule has 0 amide bonds. The zero-order valence-electron chi connectivity index (χ0n) is 8.68. The van der Waals surface area contributed by atoms with Gasteiger partial charge in [0.1, 0.15) is 18.0 Å². The first-order chi connectivity index (χ1) is 8.10. The molecule has 11 heteroatoms. The fraction of sp³-hybridized carbons (Fsp3) is 0.429. The van der Waals surface area contributed by atoms with Crippen molar-refractivity contribution in [2.24, 2.45) is 0 Å². The molecule has 2 N–H and O–H groups in total. The molecule has 0 saturated carbocycles. The molecule has 1 aromatic rings. The quantitative estimate of drug-likeness (QED) is 0.781. The number of hydrogen-bond acceptors (Lipinski definition) is 4. The summed E-state index contributed by atoms with van der Waals surface area (Å²) >= 11 is 0. The first-order valence-electron chi connectivity index (χ1n) is 4.41. The van der Waals surface area contributed by atoms with Gasteiger partial charge in [-0.15, -0.1) is 0 Å². The van der Waals surface area contributed by atoms with Gasteiger partial charge in [-0.25, -0.2) is 8.42 Å². The van der Waals surface area contributed by atoms with E-state index in [2.05, 4.69) is 5.10 Å². The van der Waals surface area contributed by atoms with Gasteiger partial charge in [-0.3, -0.25) is 9.48 Å². The van der Waals surface area contributed by atoms with Gasteiger partial charge in [0, 0.05) is 6.20 Å². The summed E-state index contributed by atoms with van der Waals surface area (Å²) in [6.45, 7) is -2.30. The molecule has 0 aliphatic carbocycles. The molecule has 0 bridgehead atoms. The van der Waals surface area contributed by atoms with E-state index in [1.54, 1.807) is 4.72 Å². The smallest absolute Gasteiger partial charge is 0.408 e. The Bertz CT molecular complexity index is 536. The normalized spacial score (nSPS) is 12.6. The summed E-state index contributed by atoms with van der Waals surface area (Å²) in [5.74, 6) is -1.42. The van der Waals surface area contributed by atoms with E-state index >= 15 is 0 Å². The average molecular weight is 287 g/mol. The summed E-state index contributed by atoms with van der Waals surface area (Å²) in [5, 5.41) is 11.5. The largest absolute Gasteiger partial charge is 0.480 e. The molecule has 7 nitrogen and oxygen atoms in total. The van der Waals surface area contributed by atoms with Gasteiger partial charge < -0.3 is 5.11 Å². The van der Waals surface area contributed by atoms with Crippen molar-refractivity contribution in [3.05, 3.63) is 12.4 Å². The van der Waals surface area contributed by atoms with Crippen molar-refractivity contribution in [1.82, 2.24) is 14.5 Å². The molecule has 0 unspecified atom stereocenters. The van der Waals surface area contributed by atoms with Crippen LogP contribution in [0.5, 0.6) is 0 Å². The van der Waals surface area contributed by atoms with Crippen LogP contribution in [-0.4, -0.2) is 42.0 Å². The molecule has 0 aromatic carbocycles. The predicted molar refractivity (Wildman–Crippen MR) is 51.1 cm³/mol. The van der Waals surface area contributed by atoms with E-state index in [0.29, 0.717) is 17.1 Å². The van der Waals surface area contributed by atoms with E-state index in [1.165, 1.54) is 0 Å². The standard InChI is InChI=1S/C7H8F3N3O4S/c8-7(9,10)4-13-3-5(1-11-13)18(16,17)12-2-6(14)15/h1,3,12H,2,4H2,(H,14,15). The van der Waals surface area contributed by atoms with Gasteiger partial charge in [-0.1, -0.05) is 0 Å². The highest BCUT2D eigenvalue weighted by Crippen LogP contribution is 2.17. The zero-order chi connectivity index (χ0) is 14.0. The Balaban J connectivity index is 2.82. The van der Waals surface area contributed by atoms with Crippen molar-refractivity contribution in [3.63, 3.8) is 0 Å². The van der Waals surface area contributed by atoms with Crippen LogP contribution >= 0.6 is 0 Å². The number of carbonyl (C=O) groups is 1. The Kier molecular flexibility index (Phi) is 3.96. The van der Waals surface area contributed by atoms with E-state index in [1.807, 2.05) is 0 Å². The average Bonchev–Trinajstić information content (AvgIpc) is 2.61. The van der Waals surface area contributed by atoms with Crippen LogP contribution in [0.25, 0.3) is 0 Å². The monoisotopic (exact) mass is 287 g/mol. The minimum Gasteiger partial charge on any atom is -0.480 e. The second-order valence-electron chi connectivity index (χ2n) is 3.21. The molecule has 0 fully saturated rings. The lowest BCUT2D eigenvalue weighted by Gasteiger charge is -2.05. The maximum absolute atomic E-state index is 12.0. The first kappa shape index (κ1) is 14.4. The number of aliphatic carboxylic acids is 1. The molecule has 0 aliphatic heterocycles. The summed E-state index contributed by atoms with van der Waals surface area (Å²) in [6, 6.07) is 0. The zero-order valence-corrected chi connectivity index (χ0v) is 9.49. The van der Waals surface area contributed by atoms with Crippen molar-refractivity contribution < 1.29 is 31.5 Å². The first-order valence-corrected chi connectivity index (χ1v) is 5.89. The van der Waals surface area contributed by atoms with E-state index < -0.39 is 40.2 Å². The Morgan fingerprint density at radius 3 is 2.61 bits per heavy atom. The number of nitrogens with zero attached hydrogens (tertiary/aromatic N) is 2. The van der Waals surface area contributed by atoms with Crippen LogP contribution in [0.2, 0.25) is 0 Å². The maximum Gasteiger partial charge on any atom is 0.408 e. The molecule has 1 heterocycles. The van der Waals surface area contributed by atoms with Crippen LogP contribution in [0.1, 0.15) is 0 Å². The number of sulfonamides is 1. The van der Waals surface area contributed by atoms with Crippen molar-refractivity contribution in [2.45, 2.75) is 17.6 Å². The number of halogens is 3. The second kappa shape index (κ2) is 4.94. The lowest BCUT2D eigenvalue weighted by atomic mass is 10.6. The fourth-order valence-electron chi connectivity index (χ4n) is 0.994. The van der Waals surface area contributed by atoms with Crippen LogP contribution in [0.3, 0.4) is 0 Å². The molecule has 102 valence electrons. The number of rotatable bonds is 5. The van der Waals surface area contributed by atoms with Crippen molar-refractivity contribution >= 4 is 16.0 Å². The van der Waals surface area contributed by atoms with Crippen LogP contribution in [-0.2, 0) is 21.4 Å². The maximum atomic E-state index is 12.0. The van der Waals surface area contributed by atoms with Gasteiger partial charge in [0.25, 0.3) is 0 Å². The van der Waals surface area contributed by atoms with E-state index in [0.717, 1.165) is 0 Å². The minimum absolute atomic E-state index is 0.398.